The summed E-state index contributed by atoms with van der Waals surface area (Å²) in [6, 6.07) is 8.13. The summed E-state index contributed by atoms with van der Waals surface area (Å²) in [6.45, 7) is 2.12. The minimum absolute atomic E-state index is 0.107. The third kappa shape index (κ3) is 7.08. The van der Waals surface area contributed by atoms with Crippen LogP contribution in [0.2, 0.25) is 0 Å². The smallest absolute Gasteiger partial charge is 0.341 e. The van der Waals surface area contributed by atoms with E-state index in [-0.39, 0.29) is 34.1 Å². The average Bonchev–Trinajstić information content (AvgIpc) is 2.79. The Balaban J connectivity index is 2.12. The van der Waals surface area contributed by atoms with Gasteiger partial charge in [0.05, 0.1) is 25.3 Å². The molecule has 2 rings (SSSR count). The summed E-state index contributed by atoms with van der Waals surface area (Å²) >= 11 is 0. The number of aromatic hydroxyl groups is 2. The molecule has 0 unspecified atom stereocenters. The van der Waals surface area contributed by atoms with Gasteiger partial charge in [0.2, 0.25) is 6.29 Å². The highest BCUT2D eigenvalue weighted by Crippen LogP contribution is 2.28. The van der Waals surface area contributed by atoms with Crippen molar-refractivity contribution in [3.8, 4) is 23.0 Å². The van der Waals surface area contributed by atoms with Gasteiger partial charge < -0.3 is 29.2 Å². The van der Waals surface area contributed by atoms with E-state index in [1.165, 1.54) is 50.6 Å². The first-order valence-electron chi connectivity index (χ1n) is 10.6. The summed E-state index contributed by atoms with van der Waals surface area (Å²) in [4.78, 5) is 25.3. The minimum atomic E-state index is -1.10. The zero-order valence-electron chi connectivity index (χ0n) is 18.6. The van der Waals surface area contributed by atoms with Crippen LogP contribution in [0.1, 0.15) is 66.2 Å². The van der Waals surface area contributed by atoms with Gasteiger partial charge in [-0.3, -0.25) is 0 Å². The van der Waals surface area contributed by atoms with Crippen molar-refractivity contribution in [1.29, 1.82) is 0 Å². The lowest BCUT2D eigenvalue weighted by molar-refractivity contribution is -0.0838. The van der Waals surface area contributed by atoms with Crippen LogP contribution in [0.25, 0.3) is 0 Å². The van der Waals surface area contributed by atoms with Crippen molar-refractivity contribution >= 4 is 11.9 Å². The number of carbonyl (C=O) groups is 2. The molecule has 0 fully saturated rings. The van der Waals surface area contributed by atoms with Crippen molar-refractivity contribution in [3.05, 3.63) is 47.5 Å². The molecule has 2 aromatic rings. The number of hydrogen-bond acceptors (Lipinski definition) is 8. The summed E-state index contributed by atoms with van der Waals surface area (Å²) in [6.07, 6.45) is 4.10. The molecular weight excluding hydrogens is 416 g/mol. The zero-order chi connectivity index (χ0) is 23.5. The number of phenols is 2. The Labute approximate surface area is 187 Å². The molecule has 0 heterocycles. The number of unbranched alkanes of at least 4 members (excludes halogenated alkanes) is 4. The van der Waals surface area contributed by atoms with Gasteiger partial charge in [-0.2, -0.15) is 0 Å². The van der Waals surface area contributed by atoms with Crippen molar-refractivity contribution in [3.63, 3.8) is 0 Å². The van der Waals surface area contributed by atoms with E-state index in [1.807, 2.05) is 0 Å². The Hall–Kier alpha value is -3.42. The molecule has 2 N–H and O–H groups in total. The van der Waals surface area contributed by atoms with E-state index in [9.17, 15) is 19.8 Å². The molecule has 0 saturated carbocycles. The van der Waals surface area contributed by atoms with Crippen molar-refractivity contribution in [2.45, 2.75) is 51.7 Å². The first-order chi connectivity index (χ1) is 15.4. The van der Waals surface area contributed by atoms with Gasteiger partial charge in [-0.1, -0.05) is 32.6 Å². The largest absolute Gasteiger partial charge is 0.504 e. The Morgan fingerprint density at radius 3 is 1.69 bits per heavy atom. The summed E-state index contributed by atoms with van der Waals surface area (Å²) in [5.74, 6) is -1.38. The number of phenolic OH excluding ortho intramolecular Hbond substituents is 2. The van der Waals surface area contributed by atoms with Crippen LogP contribution in [0.4, 0.5) is 0 Å². The molecule has 8 heteroatoms. The van der Waals surface area contributed by atoms with Crippen LogP contribution < -0.4 is 9.47 Å². The number of hydrogen-bond donors (Lipinski definition) is 2. The molecule has 174 valence electrons. The number of esters is 2. The molecule has 2 aromatic carbocycles. The lowest BCUT2D eigenvalue weighted by Crippen LogP contribution is -2.25. The summed E-state index contributed by atoms with van der Waals surface area (Å²) in [5.41, 5.74) is 0.302. The van der Waals surface area contributed by atoms with Crippen molar-refractivity contribution < 1.29 is 38.7 Å². The first kappa shape index (κ1) is 24.8. The predicted octanol–water partition coefficient (Wildman–Crippen LogP) is 4.82. The van der Waals surface area contributed by atoms with Gasteiger partial charge in [0, 0.05) is 6.42 Å². The summed E-state index contributed by atoms with van der Waals surface area (Å²) in [7, 11) is 2.74. The average molecular weight is 446 g/mol. The van der Waals surface area contributed by atoms with Gasteiger partial charge in [-0.25, -0.2) is 9.59 Å². The highest BCUT2D eigenvalue weighted by molar-refractivity contribution is 5.92. The van der Waals surface area contributed by atoms with Crippen LogP contribution in [-0.2, 0) is 9.47 Å². The van der Waals surface area contributed by atoms with Crippen molar-refractivity contribution in [1.82, 2.24) is 0 Å². The second-order valence-corrected chi connectivity index (χ2v) is 7.22. The van der Waals surface area contributed by atoms with E-state index in [2.05, 4.69) is 6.92 Å². The molecule has 0 aliphatic heterocycles. The van der Waals surface area contributed by atoms with E-state index in [0.29, 0.717) is 12.8 Å². The maximum Gasteiger partial charge on any atom is 0.341 e. The van der Waals surface area contributed by atoms with Gasteiger partial charge in [0.1, 0.15) is 0 Å². The van der Waals surface area contributed by atoms with Gasteiger partial charge in [0.15, 0.2) is 23.0 Å². The molecule has 0 bridgehead atoms. The van der Waals surface area contributed by atoms with E-state index in [0.717, 1.165) is 25.7 Å². The van der Waals surface area contributed by atoms with Gasteiger partial charge >= 0.3 is 11.9 Å². The van der Waals surface area contributed by atoms with Crippen LogP contribution in [-0.4, -0.2) is 42.7 Å². The fraction of sp³-hybridized carbons (Fsp3) is 0.417. The standard InChI is InChI=1S/C24H30O8/c1-4-5-6-7-8-9-22(31-23(27)16-10-12-18(25)20(14-16)29-2)32-24(28)17-11-13-19(26)21(15-17)30-3/h10-15,22,25-26H,4-9H2,1-3H3. The third-order valence-electron chi connectivity index (χ3n) is 4.85. The Morgan fingerprint density at radius 2 is 1.25 bits per heavy atom. The van der Waals surface area contributed by atoms with Gasteiger partial charge in [-0.05, 0) is 42.8 Å². The number of carbonyl (C=O) groups excluding carboxylic acids is 2. The van der Waals surface area contributed by atoms with E-state index < -0.39 is 18.2 Å². The molecule has 0 aromatic heterocycles. The molecule has 32 heavy (non-hydrogen) atoms. The number of rotatable bonds is 12. The molecular formula is C24H30O8. The molecule has 8 nitrogen and oxygen atoms in total. The Morgan fingerprint density at radius 1 is 0.781 bits per heavy atom. The summed E-state index contributed by atoms with van der Waals surface area (Å²) < 4.78 is 21.0. The van der Waals surface area contributed by atoms with Crippen LogP contribution in [0.15, 0.2) is 36.4 Å². The number of ether oxygens (including phenoxy) is 4. The van der Waals surface area contributed by atoms with Gasteiger partial charge in [0.25, 0.3) is 0 Å². The number of benzene rings is 2. The first-order valence-corrected chi connectivity index (χ1v) is 10.6. The highest BCUT2D eigenvalue weighted by atomic mass is 16.7. The quantitative estimate of drug-likeness (QED) is 0.271. The Kier molecular flexibility index (Phi) is 9.66. The van der Waals surface area contributed by atoms with Crippen molar-refractivity contribution in [2.75, 3.05) is 14.2 Å². The molecule has 0 saturated heterocycles. The summed E-state index contributed by atoms with van der Waals surface area (Å²) in [5, 5.41) is 19.4. The maximum atomic E-state index is 12.6. The van der Waals surface area contributed by atoms with Crippen molar-refractivity contribution in [2.24, 2.45) is 0 Å². The molecule has 0 radical (unpaired) electrons. The topological polar surface area (TPSA) is 112 Å². The fourth-order valence-corrected chi connectivity index (χ4v) is 3.04. The zero-order valence-corrected chi connectivity index (χ0v) is 18.6. The Bertz CT molecular complexity index is 841. The third-order valence-corrected chi connectivity index (χ3v) is 4.85. The van der Waals surface area contributed by atoms with Crippen LogP contribution >= 0.6 is 0 Å². The lowest BCUT2D eigenvalue weighted by atomic mass is 10.1. The monoisotopic (exact) mass is 446 g/mol. The second kappa shape index (κ2) is 12.4. The van der Waals surface area contributed by atoms with E-state index in [1.54, 1.807) is 0 Å². The second-order valence-electron chi connectivity index (χ2n) is 7.22. The van der Waals surface area contributed by atoms with Gasteiger partial charge in [-0.15, -0.1) is 0 Å². The molecule has 0 amide bonds. The molecule has 0 aliphatic rings. The minimum Gasteiger partial charge on any atom is -0.504 e. The lowest BCUT2D eigenvalue weighted by Gasteiger charge is -2.19. The van der Waals surface area contributed by atoms with Crippen LogP contribution in [0.5, 0.6) is 23.0 Å². The predicted molar refractivity (Wildman–Crippen MR) is 117 cm³/mol. The molecule has 0 spiro atoms. The van der Waals surface area contributed by atoms with Crippen LogP contribution in [0.3, 0.4) is 0 Å². The van der Waals surface area contributed by atoms with E-state index in [4.69, 9.17) is 18.9 Å². The fourth-order valence-electron chi connectivity index (χ4n) is 3.04. The molecule has 0 atom stereocenters. The van der Waals surface area contributed by atoms with Crippen LogP contribution in [0, 0.1) is 0 Å². The highest BCUT2D eigenvalue weighted by Gasteiger charge is 2.22. The molecule has 0 aliphatic carbocycles. The van der Waals surface area contributed by atoms with E-state index >= 15 is 0 Å². The maximum absolute atomic E-state index is 12.6. The SMILES string of the molecule is CCCCCCCC(OC(=O)c1ccc(O)c(OC)c1)OC(=O)c1ccc(O)c(OC)c1. The number of methoxy groups -OCH3 is 2. The normalized spacial score (nSPS) is 10.6.